The van der Waals surface area contributed by atoms with E-state index in [1.165, 1.54) is 5.56 Å². The number of carbonyl (C=O) groups is 1. The number of nitrogens with two attached hydrogens (primary N) is 1. The van der Waals surface area contributed by atoms with Crippen molar-refractivity contribution >= 4 is 6.03 Å². The van der Waals surface area contributed by atoms with Crippen molar-refractivity contribution in [3.05, 3.63) is 35.4 Å². The summed E-state index contributed by atoms with van der Waals surface area (Å²) < 4.78 is 0. The van der Waals surface area contributed by atoms with Gasteiger partial charge in [-0.25, -0.2) is 4.79 Å². The third kappa shape index (κ3) is 3.47. The molecule has 3 N–H and O–H groups in total. The number of urea groups is 1. The van der Waals surface area contributed by atoms with E-state index in [4.69, 9.17) is 5.73 Å². The van der Waals surface area contributed by atoms with Gasteiger partial charge in [-0.15, -0.1) is 0 Å². The van der Waals surface area contributed by atoms with Crippen LogP contribution < -0.4 is 11.1 Å². The number of benzene rings is 1. The average Bonchev–Trinajstić information content (AvgIpc) is 2.69. The van der Waals surface area contributed by atoms with E-state index in [2.05, 4.69) is 36.5 Å². The zero-order chi connectivity index (χ0) is 14.0. The zero-order valence-electron chi connectivity index (χ0n) is 11.9. The van der Waals surface area contributed by atoms with Crippen molar-refractivity contribution in [3.8, 4) is 0 Å². The quantitative estimate of drug-likeness (QED) is 0.871. The molecule has 4 heteroatoms. The first-order valence-electron chi connectivity index (χ1n) is 6.82. The van der Waals surface area contributed by atoms with E-state index >= 15 is 0 Å². The molecule has 1 fully saturated rings. The third-order valence-corrected chi connectivity index (χ3v) is 3.38. The summed E-state index contributed by atoms with van der Waals surface area (Å²) in [7, 11) is 0. The fourth-order valence-electron chi connectivity index (χ4n) is 2.39. The maximum absolute atomic E-state index is 11.9. The van der Waals surface area contributed by atoms with Crippen LogP contribution in [-0.4, -0.2) is 29.6 Å². The predicted molar refractivity (Wildman–Crippen MR) is 76.9 cm³/mol. The van der Waals surface area contributed by atoms with Crippen molar-refractivity contribution in [2.45, 2.75) is 38.8 Å². The minimum Gasteiger partial charge on any atom is -0.329 e. The molecule has 1 unspecified atom stereocenters. The lowest BCUT2D eigenvalue weighted by atomic mass is 10.0. The number of rotatable bonds is 4. The van der Waals surface area contributed by atoms with Gasteiger partial charge >= 0.3 is 6.03 Å². The maximum Gasteiger partial charge on any atom is 0.318 e. The highest BCUT2D eigenvalue weighted by atomic mass is 16.2. The first-order valence-corrected chi connectivity index (χ1v) is 6.82. The van der Waals surface area contributed by atoms with Crippen LogP contribution in [0.5, 0.6) is 0 Å². The molecule has 0 aliphatic carbocycles. The van der Waals surface area contributed by atoms with Crippen LogP contribution in [0.25, 0.3) is 0 Å². The first-order chi connectivity index (χ1) is 8.89. The molecule has 1 aromatic carbocycles. The Kier molecular flexibility index (Phi) is 3.80. The second-order valence-corrected chi connectivity index (χ2v) is 5.97. The monoisotopic (exact) mass is 261 g/mol. The van der Waals surface area contributed by atoms with Gasteiger partial charge in [-0.3, -0.25) is 0 Å². The summed E-state index contributed by atoms with van der Waals surface area (Å²) in [6, 6.07) is 8.49. The molecule has 0 saturated carbocycles. The van der Waals surface area contributed by atoms with Gasteiger partial charge in [0.15, 0.2) is 0 Å². The highest BCUT2D eigenvalue weighted by Crippen LogP contribution is 2.21. The minimum atomic E-state index is -0.363. The van der Waals surface area contributed by atoms with Crippen LogP contribution in [0.15, 0.2) is 24.3 Å². The molecule has 19 heavy (non-hydrogen) atoms. The van der Waals surface area contributed by atoms with Gasteiger partial charge < -0.3 is 16.0 Å². The standard InChI is InChI=1S/C15H23N3O/c1-4-11-5-7-12(8-6-11)13-9-18(14(19)17-13)10-15(2,3)16/h5-8,13H,4,9-10,16H2,1-3H3,(H,17,19). The average molecular weight is 261 g/mol. The highest BCUT2D eigenvalue weighted by molar-refractivity contribution is 5.77. The Balaban J connectivity index is 2.05. The lowest BCUT2D eigenvalue weighted by molar-refractivity contribution is 0.207. The normalized spacial score (nSPS) is 19.7. The lowest BCUT2D eigenvalue weighted by Gasteiger charge is -2.25. The molecule has 0 radical (unpaired) electrons. The van der Waals surface area contributed by atoms with Gasteiger partial charge in [-0.1, -0.05) is 31.2 Å². The molecular formula is C15H23N3O. The zero-order valence-corrected chi connectivity index (χ0v) is 11.9. The van der Waals surface area contributed by atoms with Crippen LogP contribution in [0.1, 0.15) is 37.9 Å². The maximum atomic E-state index is 11.9. The summed E-state index contributed by atoms with van der Waals surface area (Å²) in [4.78, 5) is 13.7. The Morgan fingerprint density at radius 2 is 2.00 bits per heavy atom. The fourth-order valence-corrected chi connectivity index (χ4v) is 2.39. The van der Waals surface area contributed by atoms with Crippen LogP contribution in [0.2, 0.25) is 0 Å². The van der Waals surface area contributed by atoms with E-state index < -0.39 is 0 Å². The topological polar surface area (TPSA) is 58.4 Å². The van der Waals surface area contributed by atoms with Crippen molar-refractivity contribution in [1.29, 1.82) is 0 Å². The highest BCUT2D eigenvalue weighted by Gasteiger charge is 2.32. The van der Waals surface area contributed by atoms with E-state index in [1.807, 2.05) is 13.8 Å². The Hall–Kier alpha value is -1.55. The Morgan fingerprint density at radius 3 is 2.53 bits per heavy atom. The van der Waals surface area contributed by atoms with Crippen LogP contribution in [0, 0.1) is 0 Å². The van der Waals surface area contributed by atoms with Crippen molar-refractivity contribution in [3.63, 3.8) is 0 Å². The Labute approximate surface area is 115 Å². The summed E-state index contributed by atoms with van der Waals surface area (Å²) in [5, 5.41) is 3.01. The van der Waals surface area contributed by atoms with Gasteiger partial charge in [0.25, 0.3) is 0 Å². The van der Waals surface area contributed by atoms with Crippen molar-refractivity contribution in [2.75, 3.05) is 13.1 Å². The SMILES string of the molecule is CCc1ccc(C2CN(CC(C)(C)N)C(=O)N2)cc1. The van der Waals surface area contributed by atoms with Gasteiger partial charge in [0.05, 0.1) is 6.04 Å². The van der Waals surface area contributed by atoms with Crippen molar-refractivity contribution < 1.29 is 4.79 Å². The number of aryl methyl sites for hydroxylation is 1. The summed E-state index contributed by atoms with van der Waals surface area (Å²) in [5.41, 5.74) is 8.08. The smallest absolute Gasteiger partial charge is 0.318 e. The summed E-state index contributed by atoms with van der Waals surface area (Å²) in [5.74, 6) is 0. The Morgan fingerprint density at radius 1 is 1.37 bits per heavy atom. The van der Waals surface area contributed by atoms with Crippen molar-refractivity contribution in [1.82, 2.24) is 10.2 Å². The second kappa shape index (κ2) is 5.21. The molecule has 1 aliphatic rings. The van der Waals surface area contributed by atoms with Crippen LogP contribution in [0.4, 0.5) is 4.79 Å². The van der Waals surface area contributed by atoms with E-state index in [-0.39, 0.29) is 17.6 Å². The third-order valence-electron chi connectivity index (χ3n) is 3.38. The first kappa shape index (κ1) is 13.9. The van der Waals surface area contributed by atoms with E-state index in [1.54, 1.807) is 4.90 Å². The van der Waals surface area contributed by atoms with Gasteiger partial charge in [-0.2, -0.15) is 0 Å². The van der Waals surface area contributed by atoms with Crippen LogP contribution in [0.3, 0.4) is 0 Å². The molecule has 0 aromatic heterocycles. The number of nitrogens with zero attached hydrogens (tertiary/aromatic N) is 1. The lowest BCUT2D eigenvalue weighted by Crippen LogP contribution is -2.46. The van der Waals surface area contributed by atoms with E-state index in [0.717, 1.165) is 12.0 Å². The summed E-state index contributed by atoms with van der Waals surface area (Å²) in [6.45, 7) is 7.26. The number of amides is 2. The molecule has 1 aliphatic heterocycles. The molecule has 0 bridgehead atoms. The summed E-state index contributed by atoms with van der Waals surface area (Å²) in [6.07, 6.45) is 1.03. The molecule has 1 atom stereocenters. The molecule has 4 nitrogen and oxygen atoms in total. The van der Waals surface area contributed by atoms with Crippen LogP contribution >= 0.6 is 0 Å². The molecule has 2 amide bonds. The van der Waals surface area contributed by atoms with E-state index in [9.17, 15) is 4.79 Å². The molecule has 1 saturated heterocycles. The number of hydrogen-bond donors (Lipinski definition) is 2. The largest absolute Gasteiger partial charge is 0.329 e. The number of hydrogen-bond acceptors (Lipinski definition) is 2. The number of nitrogens with one attached hydrogen (secondary N) is 1. The molecular weight excluding hydrogens is 238 g/mol. The molecule has 1 aromatic rings. The van der Waals surface area contributed by atoms with Crippen LogP contribution in [-0.2, 0) is 6.42 Å². The molecule has 2 rings (SSSR count). The van der Waals surface area contributed by atoms with E-state index in [0.29, 0.717) is 13.1 Å². The van der Waals surface area contributed by atoms with Gasteiger partial charge in [0, 0.05) is 18.6 Å². The molecule has 0 spiro atoms. The second-order valence-electron chi connectivity index (χ2n) is 5.97. The number of carbonyl (C=O) groups excluding carboxylic acids is 1. The Bertz CT molecular complexity index is 447. The van der Waals surface area contributed by atoms with Gasteiger partial charge in [0.1, 0.15) is 0 Å². The molecule has 1 heterocycles. The fraction of sp³-hybridized carbons (Fsp3) is 0.533. The summed E-state index contributed by atoms with van der Waals surface area (Å²) >= 11 is 0. The predicted octanol–water partition coefficient (Wildman–Crippen LogP) is 2.05. The van der Waals surface area contributed by atoms with Crippen molar-refractivity contribution in [2.24, 2.45) is 5.73 Å². The minimum absolute atomic E-state index is 0.0249. The molecule has 104 valence electrons. The van der Waals surface area contributed by atoms with Gasteiger partial charge in [0.2, 0.25) is 0 Å². The van der Waals surface area contributed by atoms with Gasteiger partial charge in [-0.05, 0) is 31.4 Å².